The van der Waals surface area contributed by atoms with Crippen molar-refractivity contribution in [3.8, 4) is 5.75 Å². The lowest BCUT2D eigenvalue weighted by molar-refractivity contribution is -0.139. The zero-order chi connectivity index (χ0) is 17.8. The van der Waals surface area contributed by atoms with Crippen molar-refractivity contribution in [1.82, 2.24) is 15.0 Å². The number of nitrogens with zero attached hydrogens (tertiary/aromatic N) is 3. The van der Waals surface area contributed by atoms with Gasteiger partial charge in [-0.3, -0.25) is 9.69 Å². The number of ether oxygens (including phenoxy) is 1. The maximum atomic E-state index is 12.6. The summed E-state index contributed by atoms with van der Waals surface area (Å²) in [5.41, 5.74) is 2.10. The Morgan fingerprint density at radius 3 is 2.42 bits per heavy atom. The van der Waals surface area contributed by atoms with Crippen LogP contribution >= 0.6 is 12.4 Å². The van der Waals surface area contributed by atoms with E-state index in [1.54, 1.807) is 0 Å². The highest BCUT2D eigenvalue weighted by atomic mass is 35.5. The van der Waals surface area contributed by atoms with Crippen LogP contribution in [0.2, 0.25) is 0 Å². The first-order chi connectivity index (χ1) is 12.0. The van der Waals surface area contributed by atoms with E-state index in [9.17, 15) is 4.79 Å². The van der Waals surface area contributed by atoms with E-state index in [4.69, 9.17) is 9.26 Å². The number of hydrogen-bond donors (Lipinski definition) is 0. The van der Waals surface area contributed by atoms with Gasteiger partial charge >= 0.3 is 0 Å². The highest BCUT2D eigenvalue weighted by Gasteiger charge is 2.26. The maximum Gasteiger partial charge on any atom is 0.263 e. The Balaban J connectivity index is 0.00000243. The second-order valence-electron chi connectivity index (χ2n) is 6.48. The van der Waals surface area contributed by atoms with Gasteiger partial charge in [0.15, 0.2) is 6.10 Å². The number of piperazine rings is 1. The fourth-order valence-electron chi connectivity index (χ4n) is 3.09. The predicted molar refractivity (Wildman–Crippen MR) is 102 cm³/mol. The number of aromatic nitrogens is 1. The summed E-state index contributed by atoms with van der Waals surface area (Å²) in [5.74, 6) is 1.64. The van der Waals surface area contributed by atoms with Gasteiger partial charge in [0.1, 0.15) is 11.5 Å². The van der Waals surface area contributed by atoms with Crippen LogP contribution < -0.4 is 4.74 Å². The van der Waals surface area contributed by atoms with Crippen molar-refractivity contribution in [2.45, 2.75) is 33.4 Å². The molecule has 7 heteroatoms. The highest BCUT2D eigenvalue weighted by Crippen LogP contribution is 2.17. The largest absolute Gasteiger partial charge is 0.481 e. The summed E-state index contributed by atoms with van der Waals surface area (Å²) in [4.78, 5) is 16.8. The van der Waals surface area contributed by atoms with E-state index in [-0.39, 0.29) is 18.3 Å². The number of carbonyl (C=O) groups excluding carboxylic acids is 1. The number of rotatable bonds is 5. The number of amides is 1. The smallest absolute Gasteiger partial charge is 0.263 e. The van der Waals surface area contributed by atoms with E-state index >= 15 is 0 Å². The molecule has 0 radical (unpaired) electrons. The third-order valence-corrected chi connectivity index (χ3v) is 4.65. The first-order valence-corrected chi connectivity index (χ1v) is 8.69. The topological polar surface area (TPSA) is 58.8 Å². The van der Waals surface area contributed by atoms with E-state index in [1.807, 2.05) is 56.0 Å². The van der Waals surface area contributed by atoms with E-state index in [0.29, 0.717) is 13.1 Å². The molecule has 6 nitrogen and oxygen atoms in total. The monoisotopic (exact) mass is 379 g/mol. The van der Waals surface area contributed by atoms with Gasteiger partial charge in [-0.15, -0.1) is 12.4 Å². The Morgan fingerprint density at radius 2 is 1.85 bits per heavy atom. The van der Waals surface area contributed by atoms with Crippen LogP contribution in [-0.2, 0) is 11.3 Å². The fraction of sp³-hybridized carbons (Fsp3) is 0.474. The van der Waals surface area contributed by atoms with E-state index in [0.717, 1.165) is 42.4 Å². The normalized spacial score (nSPS) is 16.0. The molecule has 2 heterocycles. The summed E-state index contributed by atoms with van der Waals surface area (Å²) in [5, 5.41) is 4.01. The quantitative estimate of drug-likeness (QED) is 0.799. The lowest BCUT2D eigenvalue weighted by Gasteiger charge is -2.35. The second-order valence-corrected chi connectivity index (χ2v) is 6.48. The van der Waals surface area contributed by atoms with Gasteiger partial charge in [-0.25, -0.2) is 0 Å². The molecule has 0 spiro atoms. The summed E-state index contributed by atoms with van der Waals surface area (Å²) in [6.45, 7) is 9.65. The molecule has 2 aromatic rings. The number of carbonyl (C=O) groups is 1. The van der Waals surface area contributed by atoms with Crippen molar-refractivity contribution >= 4 is 18.3 Å². The van der Waals surface area contributed by atoms with Gasteiger partial charge in [0.2, 0.25) is 0 Å². The molecule has 1 aromatic carbocycles. The fourth-order valence-corrected chi connectivity index (χ4v) is 3.09. The van der Waals surface area contributed by atoms with Gasteiger partial charge in [-0.1, -0.05) is 23.4 Å². The molecule has 1 aliphatic rings. The number of aryl methyl sites for hydroxylation is 2. The first-order valence-electron chi connectivity index (χ1n) is 8.69. The second kappa shape index (κ2) is 9.05. The van der Waals surface area contributed by atoms with Gasteiger partial charge in [-0.2, -0.15) is 0 Å². The number of halogens is 1. The Bertz CT molecular complexity index is 693. The number of para-hydroxylation sites is 1. The molecular weight excluding hydrogens is 354 g/mol. The standard InChI is InChI=1S/C19H25N3O3.ClH/c1-14-18(15(2)25-20-14)13-21-9-11-22(12-10-21)19(23)16(3)24-17-7-5-4-6-8-17;/h4-8,16H,9-13H2,1-3H3;1H. The van der Waals surface area contributed by atoms with Crippen molar-refractivity contribution in [2.24, 2.45) is 0 Å². The summed E-state index contributed by atoms with van der Waals surface area (Å²) >= 11 is 0. The van der Waals surface area contributed by atoms with Crippen molar-refractivity contribution < 1.29 is 14.1 Å². The van der Waals surface area contributed by atoms with Crippen molar-refractivity contribution in [3.63, 3.8) is 0 Å². The average Bonchev–Trinajstić information content (AvgIpc) is 2.94. The van der Waals surface area contributed by atoms with Crippen LogP contribution in [0.4, 0.5) is 0 Å². The Labute approximate surface area is 160 Å². The molecule has 1 fully saturated rings. The molecule has 0 bridgehead atoms. The van der Waals surface area contributed by atoms with Crippen molar-refractivity contribution in [2.75, 3.05) is 26.2 Å². The summed E-state index contributed by atoms with van der Waals surface area (Å²) in [6.07, 6.45) is -0.475. The zero-order valence-corrected chi connectivity index (χ0v) is 16.3. The lowest BCUT2D eigenvalue weighted by atomic mass is 10.1. The predicted octanol–water partition coefficient (Wildman–Crippen LogP) is 2.82. The van der Waals surface area contributed by atoms with Gasteiger partial charge in [0, 0.05) is 38.3 Å². The van der Waals surface area contributed by atoms with Crippen LogP contribution in [-0.4, -0.2) is 53.1 Å². The Kier molecular flexibility index (Phi) is 7.06. The molecule has 1 atom stereocenters. The van der Waals surface area contributed by atoms with E-state index in [1.165, 1.54) is 0 Å². The van der Waals surface area contributed by atoms with Gasteiger partial charge in [0.25, 0.3) is 5.91 Å². The third kappa shape index (κ3) is 4.77. The van der Waals surface area contributed by atoms with Crippen molar-refractivity contribution in [3.05, 3.63) is 47.3 Å². The molecule has 1 unspecified atom stereocenters. The molecule has 3 rings (SSSR count). The SMILES string of the molecule is Cc1noc(C)c1CN1CCN(C(=O)C(C)Oc2ccccc2)CC1.Cl. The summed E-state index contributed by atoms with van der Waals surface area (Å²) in [7, 11) is 0. The van der Waals surface area contributed by atoms with Gasteiger partial charge < -0.3 is 14.2 Å². The van der Waals surface area contributed by atoms with E-state index in [2.05, 4.69) is 10.1 Å². The molecular formula is C19H26ClN3O3. The molecule has 142 valence electrons. The van der Waals surface area contributed by atoms with Crippen LogP contribution in [0.3, 0.4) is 0 Å². The van der Waals surface area contributed by atoms with Crippen LogP contribution in [0, 0.1) is 13.8 Å². The third-order valence-electron chi connectivity index (χ3n) is 4.65. The molecule has 0 N–H and O–H groups in total. The van der Waals surface area contributed by atoms with Gasteiger partial charge in [0.05, 0.1) is 5.69 Å². The van der Waals surface area contributed by atoms with Crippen LogP contribution in [0.15, 0.2) is 34.9 Å². The molecule has 1 aliphatic heterocycles. The average molecular weight is 380 g/mol. The molecule has 1 amide bonds. The summed E-state index contributed by atoms with van der Waals surface area (Å²) in [6, 6.07) is 9.47. The summed E-state index contributed by atoms with van der Waals surface area (Å²) < 4.78 is 11.0. The van der Waals surface area contributed by atoms with Crippen LogP contribution in [0.5, 0.6) is 5.75 Å². The number of hydrogen-bond acceptors (Lipinski definition) is 5. The van der Waals surface area contributed by atoms with Crippen LogP contribution in [0.1, 0.15) is 23.9 Å². The lowest BCUT2D eigenvalue weighted by Crippen LogP contribution is -2.51. The van der Waals surface area contributed by atoms with Crippen LogP contribution in [0.25, 0.3) is 0 Å². The molecule has 0 aliphatic carbocycles. The minimum absolute atomic E-state index is 0. The van der Waals surface area contributed by atoms with Crippen molar-refractivity contribution in [1.29, 1.82) is 0 Å². The van der Waals surface area contributed by atoms with E-state index < -0.39 is 6.10 Å². The zero-order valence-electron chi connectivity index (χ0n) is 15.5. The maximum absolute atomic E-state index is 12.6. The first kappa shape index (κ1) is 20.3. The molecule has 0 saturated carbocycles. The minimum Gasteiger partial charge on any atom is -0.481 e. The van der Waals surface area contributed by atoms with Gasteiger partial charge in [-0.05, 0) is 32.9 Å². The molecule has 1 saturated heterocycles. The highest BCUT2D eigenvalue weighted by molar-refractivity contribution is 5.85. The Morgan fingerprint density at radius 1 is 1.19 bits per heavy atom. The molecule has 1 aromatic heterocycles. The number of benzene rings is 1. The Hall–Kier alpha value is -2.05. The minimum atomic E-state index is -0.475. The molecule has 26 heavy (non-hydrogen) atoms.